The highest BCUT2D eigenvalue weighted by atomic mass is 32.2. The first-order valence-corrected chi connectivity index (χ1v) is 9.41. The summed E-state index contributed by atoms with van der Waals surface area (Å²) in [5, 5.41) is 9.23. The molecule has 0 spiro atoms. The Morgan fingerprint density at radius 3 is 2.16 bits per heavy atom. The van der Waals surface area contributed by atoms with E-state index in [0.29, 0.717) is 0 Å². The number of hydrogen-bond donors (Lipinski definition) is 2. The van der Waals surface area contributed by atoms with Crippen LogP contribution in [0.4, 0.5) is 0 Å². The molecule has 0 fully saturated rings. The normalized spacial score (nSPS) is 11.4. The molecule has 0 aromatic heterocycles. The van der Waals surface area contributed by atoms with E-state index in [1.807, 2.05) is 48.5 Å². The van der Waals surface area contributed by atoms with E-state index in [0.717, 1.165) is 22.3 Å². The van der Waals surface area contributed by atoms with E-state index in [4.69, 9.17) is 0 Å². The summed E-state index contributed by atoms with van der Waals surface area (Å²) in [4.78, 5) is 0.257. The van der Waals surface area contributed by atoms with Gasteiger partial charge in [0.25, 0.3) is 0 Å². The predicted molar refractivity (Wildman–Crippen MR) is 98.3 cm³/mol. The lowest BCUT2D eigenvalue weighted by Crippen LogP contribution is -2.23. The van der Waals surface area contributed by atoms with Crippen molar-refractivity contribution >= 4 is 10.0 Å². The molecule has 0 radical (unpaired) electrons. The smallest absolute Gasteiger partial charge is 0.240 e. The summed E-state index contributed by atoms with van der Waals surface area (Å²) in [7, 11) is -3.51. The molecule has 3 aromatic carbocycles. The van der Waals surface area contributed by atoms with Crippen LogP contribution in [-0.4, -0.2) is 13.5 Å². The molecule has 0 saturated carbocycles. The van der Waals surface area contributed by atoms with Crippen molar-refractivity contribution in [2.75, 3.05) is 0 Å². The highest BCUT2D eigenvalue weighted by molar-refractivity contribution is 7.89. The number of sulfonamides is 1. The largest absolute Gasteiger partial charge is 0.392 e. The van der Waals surface area contributed by atoms with Crippen molar-refractivity contribution in [3.05, 3.63) is 90.0 Å². The van der Waals surface area contributed by atoms with Crippen LogP contribution in [0.25, 0.3) is 11.1 Å². The topological polar surface area (TPSA) is 66.4 Å². The van der Waals surface area contributed by atoms with Gasteiger partial charge in [0.1, 0.15) is 0 Å². The summed E-state index contributed by atoms with van der Waals surface area (Å²) < 4.78 is 27.1. The average molecular weight is 353 g/mol. The molecule has 5 heteroatoms. The van der Waals surface area contributed by atoms with Crippen molar-refractivity contribution in [2.45, 2.75) is 18.0 Å². The van der Waals surface area contributed by atoms with Crippen LogP contribution in [0.3, 0.4) is 0 Å². The zero-order chi connectivity index (χ0) is 17.7. The van der Waals surface area contributed by atoms with Crippen LogP contribution < -0.4 is 4.72 Å². The van der Waals surface area contributed by atoms with Gasteiger partial charge in [-0.25, -0.2) is 13.1 Å². The number of benzene rings is 3. The van der Waals surface area contributed by atoms with Gasteiger partial charge in [-0.1, -0.05) is 60.7 Å². The second-order valence-electron chi connectivity index (χ2n) is 5.69. The molecule has 2 N–H and O–H groups in total. The maximum absolute atomic E-state index is 12.2. The third kappa shape index (κ3) is 4.33. The molecule has 0 saturated heterocycles. The minimum Gasteiger partial charge on any atom is -0.392 e. The second-order valence-corrected chi connectivity index (χ2v) is 7.46. The first-order valence-electron chi connectivity index (χ1n) is 7.92. The van der Waals surface area contributed by atoms with Gasteiger partial charge in [-0.2, -0.15) is 0 Å². The Hall–Kier alpha value is -2.47. The zero-order valence-electron chi connectivity index (χ0n) is 13.6. The first-order chi connectivity index (χ1) is 12.1. The van der Waals surface area contributed by atoms with E-state index < -0.39 is 10.0 Å². The van der Waals surface area contributed by atoms with Gasteiger partial charge in [0, 0.05) is 6.54 Å². The number of rotatable bonds is 6. The van der Waals surface area contributed by atoms with Crippen molar-refractivity contribution in [1.82, 2.24) is 4.72 Å². The summed E-state index contributed by atoms with van der Waals surface area (Å²) >= 11 is 0. The Morgan fingerprint density at radius 1 is 0.760 bits per heavy atom. The van der Waals surface area contributed by atoms with Gasteiger partial charge in [-0.3, -0.25) is 0 Å². The van der Waals surface area contributed by atoms with Crippen molar-refractivity contribution in [2.24, 2.45) is 0 Å². The maximum Gasteiger partial charge on any atom is 0.240 e. The van der Waals surface area contributed by atoms with Crippen LogP contribution in [-0.2, 0) is 23.2 Å². The Balaban J connectivity index is 1.71. The number of aliphatic hydroxyl groups excluding tert-OH is 1. The van der Waals surface area contributed by atoms with E-state index in [1.165, 1.54) is 0 Å². The monoisotopic (exact) mass is 353 g/mol. The molecule has 0 unspecified atom stereocenters. The third-order valence-electron chi connectivity index (χ3n) is 3.92. The molecule has 25 heavy (non-hydrogen) atoms. The molecular formula is C20H19NO3S. The lowest BCUT2D eigenvalue weighted by Gasteiger charge is -2.08. The summed E-state index contributed by atoms with van der Waals surface area (Å²) in [5.41, 5.74) is 3.77. The molecule has 0 aliphatic heterocycles. The van der Waals surface area contributed by atoms with E-state index in [2.05, 4.69) is 4.72 Å². The Bertz CT molecular complexity index is 936. The molecular weight excluding hydrogens is 334 g/mol. The minimum absolute atomic E-state index is 0.00713. The number of hydrogen-bond acceptors (Lipinski definition) is 3. The predicted octanol–water partition coefficient (Wildman–Crippen LogP) is 3.32. The number of nitrogens with one attached hydrogen (secondary N) is 1. The fraction of sp³-hybridized carbons (Fsp3) is 0.100. The molecule has 3 aromatic rings. The third-order valence-corrected chi connectivity index (χ3v) is 5.33. The second kappa shape index (κ2) is 7.61. The lowest BCUT2D eigenvalue weighted by molar-refractivity contribution is 0.282. The van der Waals surface area contributed by atoms with Crippen LogP contribution >= 0.6 is 0 Å². The van der Waals surface area contributed by atoms with E-state index in [1.54, 1.807) is 30.3 Å². The highest BCUT2D eigenvalue weighted by Gasteiger charge is 2.12. The molecule has 0 atom stereocenters. The van der Waals surface area contributed by atoms with Gasteiger partial charge in [0.2, 0.25) is 10.0 Å². The quantitative estimate of drug-likeness (QED) is 0.714. The fourth-order valence-corrected chi connectivity index (χ4v) is 3.56. The molecule has 0 aliphatic carbocycles. The summed E-state index contributed by atoms with van der Waals surface area (Å²) in [6.45, 7) is 0.237. The van der Waals surface area contributed by atoms with Crippen LogP contribution in [0.5, 0.6) is 0 Å². The van der Waals surface area contributed by atoms with Gasteiger partial charge in [0.05, 0.1) is 11.5 Å². The number of aliphatic hydroxyl groups is 1. The van der Waals surface area contributed by atoms with E-state index in [9.17, 15) is 13.5 Å². The maximum atomic E-state index is 12.2. The van der Waals surface area contributed by atoms with Crippen LogP contribution in [0.2, 0.25) is 0 Å². The van der Waals surface area contributed by atoms with Crippen LogP contribution in [0.1, 0.15) is 11.1 Å². The van der Waals surface area contributed by atoms with Gasteiger partial charge < -0.3 is 5.11 Å². The van der Waals surface area contributed by atoms with E-state index >= 15 is 0 Å². The van der Waals surface area contributed by atoms with Crippen molar-refractivity contribution in [1.29, 1.82) is 0 Å². The van der Waals surface area contributed by atoms with Crippen LogP contribution in [0.15, 0.2) is 83.8 Å². The lowest BCUT2D eigenvalue weighted by atomic mass is 10.0. The van der Waals surface area contributed by atoms with Crippen molar-refractivity contribution in [3.63, 3.8) is 0 Å². The van der Waals surface area contributed by atoms with Crippen molar-refractivity contribution < 1.29 is 13.5 Å². The van der Waals surface area contributed by atoms with Crippen LogP contribution in [0, 0.1) is 0 Å². The first kappa shape index (κ1) is 17.4. The van der Waals surface area contributed by atoms with Gasteiger partial charge >= 0.3 is 0 Å². The Kier molecular flexibility index (Phi) is 5.28. The zero-order valence-corrected chi connectivity index (χ0v) is 14.4. The molecule has 4 nitrogen and oxygen atoms in total. The van der Waals surface area contributed by atoms with Gasteiger partial charge in [-0.05, 0) is 40.5 Å². The minimum atomic E-state index is -3.51. The molecule has 128 valence electrons. The molecule has 0 aliphatic rings. The summed E-state index contributed by atoms with van der Waals surface area (Å²) in [6.07, 6.45) is 0. The molecule has 3 rings (SSSR count). The molecule has 0 amide bonds. The van der Waals surface area contributed by atoms with Gasteiger partial charge in [0.15, 0.2) is 0 Å². The van der Waals surface area contributed by atoms with E-state index in [-0.39, 0.29) is 18.0 Å². The fourth-order valence-electron chi connectivity index (χ4n) is 2.53. The molecule has 0 heterocycles. The Morgan fingerprint density at radius 2 is 1.48 bits per heavy atom. The summed E-state index contributed by atoms with van der Waals surface area (Å²) in [5.74, 6) is 0. The SMILES string of the molecule is O=S(=O)(NCc1ccc(-c2cccc(CO)c2)cc1)c1ccccc1. The highest BCUT2D eigenvalue weighted by Crippen LogP contribution is 2.21. The molecule has 0 bridgehead atoms. The summed E-state index contributed by atoms with van der Waals surface area (Å²) in [6, 6.07) is 23.7. The van der Waals surface area contributed by atoms with Gasteiger partial charge in [-0.15, -0.1) is 0 Å². The standard InChI is InChI=1S/C20H19NO3S/c22-15-17-5-4-6-19(13-17)18-11-9-16(10-12-18)14-21-25(23,24)20-7-2-1-3-8-20/h1-13,21-22H,14-15H2. The van der Waals surface area contributed by atoms with Crippen molar-refractivity contribution in [3.8, 4) is 11.1 Å². The average Bonchev–Trinajstić information content (AvgIpc) is 2.67. The Labute approximate surface area is 147 Å².